The van der Waals surface area contributed by atoms with Gasteiger partial charge in [0.05, 0.1) is 27.7 Å². The van der Waals surface area contributed by atoms with Gasteiger partial charge in [-0.15, -0.1) is 0 Å². The number of quaternary nitrogens is 1. The van der Waals surface area contributed by atoms with Crippen LogP contribution in [0.4, 0.5) is 0 Å². The summed E-state index contributed by atoms with van der Waals surface area (Å²) in [4.78, 5) is 38.1. The van der Waals surface area contributed by atoms with Gasteiger partial charge in [0.25, 0.3) is 7.82 Å². The minimum absolute atomic E-state index is 0.0410. The molecule has 0 rings (SSSR count). The average molecular weight is 1220 g/mol. The van der Waals surface area contributed by atoms with Gasteiger partial charge in [-0.3, -0.25) is 14.2 Å². The lowest BCUT2D eigenvalue weighted by molar-refractivity contribution is -0.870. The van der Waals surface area contributed by atoms with Crippen LogP contribution in [0, 0.1) is 0 Å². The third kappa shape index (κ3) is 69.3. The maximum atomic E-state index is 12.9. The molecule has 0 aromatic heterocycles. The molecule has 0 radical (unpaired) electrons. The van der Waals surface area contributed by atoms with Gasteiger partial charge < -0.3 is 27.9 Å². The molecule has 2 atom stereocenters. The van der Waals surface area contributed by atoms with Gasteiger partial charge >= 0.3 is 11.9 Å². The Balaban J connectivity index is 4.14. The number of allylic oxidation sites excluding steroid dienone is 22. The summed E-state index contributed by atoms with van der Waals surface area (Å²) in [7, 11) is 1.14. The molecular weight excluding hydrogens is 1090 g/mol. The highest BCUT2D eigenvalue weighted by atomic mass is 31.2. The Bertz CT molecular complexity index is 1910. The normalized spacial score (nSPS) is 14.0. The Morgan fingerprint density at radius 2 is 0.663 bits per heavy atom. The van der Waals surface area contributed by atoms with Gasteiger partial charge in [0.1, 0.15) is 19.8 Å². The number of carbonyl (C=O) groups is 2. The molecular formula is C76H130NO8P. The molecule has 0 N–H and O–H groups in total. The smallest absolute Gasteiger partial charge is 0.306 e. The maximum Gasteiger partial charge on any atom is 0.306 e. The molecule has 0 heterocycles. The van der Waals surface area contributed by atoms with E-state index in [2.05, 4.69) is 148 Å². The number of ether oxygens (including phenoxy) is 2. The van der Waals surface area contributed by atoms with Crippen LogP contribution in [0.1, 0.15) is 284 Å². The fraction of sp³-hybridized carbons (Fsp3) is 0.684. The molecule has 86 heavy (non-hydrogen) atoms. The van der Waals surface area contributed by atoms with Crippen molar-refractivity contribution in [2.45, 2.75) is 290 Å². The molecule has 0 spiro atoms. The molecule has 9 nitrogen and oxygen atoms in total. The minimum Gasteiger partial charge on any atom is -0.756 e. The predicted octanol–water partition coefficient (Wildman–Crippen LogP) is 22.2. The minimum atomic E-state index is -4.66. The molecule has 0 aliphatic rings. The zero-order chi connectivity index (χ0) is 62.6. The summed E-state index contributed by atoms with van der Waals surface area (Å²) < 4.78 is 34.3. The molecule has 492 valence electrons. The molecule has 10 heteroatoms. The first kappa shape index (κ1) is 82.1. The molecule has 0 amide bonds. The van der Waals surface area contributed by atoms with E-state index in [1.165, 1.54) is 135 Å². The number of rotatable bonds is 63. The molecule has 0 aliphatic heterocycles. The highest BCUT2D eigenvalue weighted by Gasteiger charge is 2.22. The number of carbonyl (C=O) groups excluding carboxylic acids is 2. The Labute approximate surface area is 530 Å². The van der Waals surface area contributed by atoms with Crippen molar-refractivity contribution < 1.29 is 42.1 Å². The number of hydrogen-bond acceptors (Lipinski definition) is 8. The van der Waals surface area contributed by atoms with Crippen molar-refractivity contribution in [3.63, 3.8) is 0 Å². The largest absolute Gasteiger partial charge is 0.756 e. The van der Waals surface area contributed by atoms with E-state index in [0.29, 0.717) is 17.4 Å². The molecule has 0 aromatic carbocycles. The van der Waals surface area contributed by atoms with Crippen LogP contribution in [0.15, 0.2) is 134 Å². The molecule has 0 bridgehead atoms. The molecule has 0 saturated heterocycles. The number of phosphoric ester groups is 1. The van der Waals surface area contributed by atoms with Crippen LogP contribution in [0.3, 0.4) is 0 Å². The van der Waals surface area contributed by atoms with E-state index in [1.54, 1.807) is 0 Å². The number of unbranched alkanes of at least 4 members (excludes halogenated alkanes) is 27. The SMILES string of the molecule is CC/C=C\C/C=C\C/C=C\C/C=C\C/C=C\C/C=C\C/C=C\C/C=C\C/C=C\CCCCCCCC(=O)OC(COC(=O)CCCCCCCCCCCCCCCCCCC/C=C\C/C=C\CCCCCCC)COP(=O)([O-])OCC[N+](C)(C)C. The van der Waals surface area contributed by atoms with Crippen molar-refractivity contribution in [3.05, 3.63) is 134 Å². The van der Waals surface area contributed by atoms with Crippen molar-refractivity contribution in [2.24, 2.45) is 0 Å². The van der Waals surface area contributed by atoms with E-state index in [9.17, 15) is 19.0 Å². The van der Waals surface area contributed by atoms with Crippen molar-refractivity contribution in [3.8, 4) is 0 Å². The van der Waals surface area contributed by atoms with E-state index in [1.807, 2.05) is 21.1 Å². The summed E-state index contributed by atoms with van der Waals surface area (Å²) in [6.45, 7) is 4.10. The molecule has 0 fully saturated rings. The zero-order valence-corrected chi connectivity index (χ0v) is 56.9. The summed E-state index contributed by atoms with van der Waals surface area (Å²) in [5.74, 6) is -0.856. The van der Waals surface area contributed by atoms with Crippen molar-refractivity contribution in [1.82, 2.24) is 0 Å². The zero-order valence-electron chi connectivity index (χ0n) is 56.0. The van der Waals surface area contributed by atoms with Gasteiger partial charge in [0.15, 0.2) is 6.10 Å². The second-order valence-corrected chi connectivity index (χ2v) is 25.6. The number of esters is 2. The number of phosphoric acid groups is 1. The lowest BCUT2D eigenvalue weighted by Crippen LogP contribution is -2.37. The van der Waals surface area contributed by atoms with Crippen LogP contribution < -0.4 is 4.89 Å². The topological polar surface area (TPSA) is 111 Å². The van der Waals surface area contributed by atoms with Crippen molar-refractivity contribution in [1.29, 1.82) is 0 Å². The van der Waals surface area contributed by atoms with Gasteiger partial charge in [-0.1, -0.05) is 289 Å². The molecule has 0 aliphatic carbocycles. The predicted molar refractivity (Wildman–Crippen MR) is 369 cm³/mol. The number of likely N-dealkylation sites (N-methyl/N-ethyl adjacent to an activating group) is 1. The van der Waals surface area contributed by atoms with Crippen LogP contribution >= 0.6 is 7.82 Å². The lowest BCUT2D eigenvalue weighted by Gasteiger charge is -2.28. The first-order chi connectivity index (χ1) is 42.0. The lowest BCUT2D eigenvalue weighted by atomic mass is 10.0. The highest BCUT2D eigenvalue weighted by Crippen LogP contribution is 2.38. The van der Waals surface area contributed by atoms with Crippen LogP contribution in [0.5, 0.6) is 0 Å². The average Bonchev–Trinajstić information content (AvgIpc) is 3.70. The summed E-state index contributed by atoms with van der Waals surface area (Å²) in [6.07, 6.45) is 95.2. The van der Waals surface area contributed by atoms with Gasteiger partial charge in [0, 0.05) is 12.8 Å². The van der Waals surface area contributed by atoms with E-state index in [0.717, 1.165) is 116 Å². The summed E-state index contributed by atoms with van der Waals surface area (Å²) in [6, 6.07) is 0. The number of hydrogen-bond donors (Lipinski definition) is 0. The third-order valence-electron chi connectivity index (χ3n) is 14.7. The van der Waals surface area contributed by atoms with Gasteiger partial charge in [0.2, 0.25) is 0 Å². The summed E-state index contributed by atoms with van der Waals surface area (Å²) >= 11 is 0. The molecule has 0 aromatic rings. The van der Waals surface area contributed by atoms with Crippen LogP contribution in [-0.4, -0.2) is 70.0 Å². The summed E-state index contributed by atoms with van der Waals surface area (Å²) in [5, 5.41) is 0. The quantitative estimate of drug-likeness (QED) is 0.0195. The Morgan fingerprint density at radius 3 is 0.988 bits per heavy atom. The Hall–Kier alpha value is -3.85. The molecule has 0 saturated carbocycles. The van der Waals surface area contributed by atoms with Crippen molar-refractivity contribution >= 4 is 19.8 Å². The van der Waals surface area contributed by atoms with E-state index < -0.39 is 26.5 Å². The fourth-order valence-corrected chi connectivity index (χ4v) is 10.1. The summed E-state index contributed by atoms with van der Waals surface area (Å²) in [5.41, 5.74) is 0. The second kappa shape index (κ2) is 65.6. The first-order valence-corrected chi connectivity index (χ1v) is 36.4. The van der Waals surface area contributed by atoms with Gasteiger partial charge in [-0.25, -0.2) is 0 Å². The van der Waals surface area contributed by atoms with Crippen LogP contribution in [0.25, 0.3) is 0 Å². The highest BCUT2D eigenvalue weighted by molar-refractivity contribution is 7.45. The Morgan fingerprint density at radius 1 is 0.372 bits per heavy atom. The van der Waals surface area contributed by atoms with Crippen LogP contribution in [-0.2, 0) is 32.7 Å². The van der Waals surface area contributed by atoms with E-state index in [4.69, 9.17) is 18.5 Å². The Kier molecular flexibility index (Phi) is 62.7. The first-order valence-electron chi connectivity index (χ1n) is 34.9. The third-order valence-corrected chi connectivity index (χ3v) is 15.6. The second-order valence-electron chi connectivity index (χ2n) is 24.2. The van der Waals surface area contributed by atoms with E-state index >= 15 is 0 Å². The van der Waals surface area contributed by atoms with Gasteiger partial charge in [-0.2, -0.15) is 0 Å². The van der Waals surface area contributed by atoms with Crippen molar-refractivity contribution in [2.75, 3.05) is 47.5 Å². The monoisotopic (exact) mass is 1220 g/mol. The van der Waals surface area contributed by atoms with Crippen LogP contribution in [0.2, 0.25) is 0 Å². The standard InChI is InChI=1S/C76H130NO8P/c1-6-8-10-12-14-16-18-20-22-24-26-28-30-32-34-36-37-38-39-41-43-45-47-49-51-53-55-57-59-61-63-65-67-69-76(79)85-74(73-84-86(80,81)83-71-70-77(3,4)5)72-82-75(78)68-66-64-62-60-58-56-54-52-50-48-46-44-42-40-35-33-31-29-27-25-23-21-19-17-15-13-11-9-7-2/h8,10,14,16,19-22,25-28,32,34,37-38,41,43,47,49,53,55,74H,6-7,9,11-13,15,17-18,23-24,29-31,33,35-36,39-40,42,44-46,48,50-52,54,56-73H2,1-5H3/b10-8-,16-14-,21-19-,22-20-,27-25-,28-26-,34-32-,38-37-,43-41-,49-47-,55-53-. The van der Waals surface area contributed by atoms with E-state index in [-0.39, 0.29) is 32.0 Å². The molecule has 2 unspecified atom stereocenters. The maximum absolute atomic E-state index is 12.9. The van der Waals surface area contributed by atoms with Gasteiger partial charge in [-0.05, 0) is 116 Å². The number of nitrogens with zero attached hydrogens (tertiary/aromatic N) is 1. The fourth-order valence-electron chi connectivity index (χ4n) is 9.33.